The normalized spacial score (nSPS) is 35.4. The van der Waals surface area contributed by atoms with Crippen molar-refractivity contribution in [2.24, 2.45) is 11.3 Å². The molecule has 5 aliphatic rings. The Hall–Kier alpha value is -2.06. The number of fused-ring (bicyclic) bond motifs is 8. The molecule has 0 spiro atoms. The van der Waals surface area contributed by atoms with Gasteiger partial charge in [-0.2, -0.15) is 0 Å². The molecule has 2 heteroatoms. The number of quaternary nitrogens is 1. The largest absolute Gasteiger partial charge is 0.319 e. The molecule has 1 saturated carbocycles. The summed E-state index contributed by atoms with van der Waals surface area (Å²) in [4.78, 5) is 2.70. The molecule has 1 fully saturated rings. The summed E-state index contributed by atoms with van der Waals surface area (Å²) >= 11 is 0. The monoisotopic (exact) mass is 553 g/mol. The summed E-state index contributed by atoms with van der Waals surface area (Å²) in [5, 5.41) is 0. The van der Waals surface area contributed by atoms with Gasteiger partial charge >= 0.3 is 0 Å². The number of benzene rings is 2. The summed E-state index contributed by atoms with van der Waals surface area (Å²) < 4.78 is 0.866. The van der Waals surface area contributed by atoms with Crippen molar-refractivity contribution in [1.82, 2.24) is 4.48 Å². The zero-order valence-electron chi connectivity index (χ0n) is 27.7. The van der Waals surface area contributed by atoms with E-state index in [4.69, 9.17) is 0 Å². The summed E-state index contributed by atoms with van der Waals surface area (Å²) in [5.74, 6) is 2.34. The predicted molar refractivity (Wildman–Crippen MR) is 179 cm³/mol. The Morgan fingerprint density at radius 1 is 0.976 bits per heavy atom. The summed E-state index contributed by atoms with van der Waals surface area (Å²) in [7, 11) is 4.94. The first kappa shape index (κ1) is 29.0. The Balaban J connectivity index is 1.62. The van der Waals surface area contributed by atoms with Crippen LogP contribution in [0.15, 0.2) is 43.0 Å². The third kappa shape index (κ3) is 3.71. The van der Waals surface area contributed by atoms with Crippen molar-refractivity contribution < 1.29 is 0 Å². The minimum atomic E-state index is -0.0617. The average Bonchev–Trinajstić information content (AvgIpc) is 3.11. The van der Waals surface area contributed by atoms with Crippen LogP contribution in [-0.4, -0.2) is 20.3 Å². The van der Waals surface area contributed by atoms with Gasteiger partial charge in [0.2, 0.25) is 0 Å². The zero-order valence-corrected chi connectivity index (χ0v) is 27.7. The van der Waals surface area contributed by atoms with Gasteiger partial charge in [0, 0.05) is 30.2 Å². The van der Waals surface area contributed by atoms with Crippen molar-refractivity contribution in [1.29, 1.82) is 0 Å². The van der Waals surface area contributed by atoms with Gasteiger partial charge in [-0.3, -0.25) is 0 Å². The highest BCUT2D eigenvalue weighted by Gasteiger charge is 2.68. The molecule has 2 heterocycles. The van der Waals surface area contributed by atoms with Gasteiger partial charge in [-0.1, -0.05) is 73.5 Å². The minimum Gasteiger partial charge on any atom is -0.319 e. The topological polar surface area (TPSA) is 3.24 Å². The molecule has 0 saturated heterocycles. The van der Waals surface area contributed by atoms with Crippen LogP contribution in [-0.2, 0) is 10.8 Å². The zero-order chi connectivity index (χ0) is 29.5. The summed E-state index contributed by atoms with van der Waals surface area (Å²) in [5.41, 5.74) is 11.0. The van der Waals surface area contributed by atoms with Gasteiger partial charge in [0.25, 0.3) is 0 Å². The van der Waals surface area contributed by atoms with Gasteiger partial charge in [-0.25, -0.2) is 4.48 Å². The lowest BCUT2D eigenvalue weighted by atomic mass is 9.53. The molecule has 2 aromatic carbocycles. The maximum absolute atomic E-state index is 4.63. The number of unbranched alkanes of at least 4 members (excludes halogenated alkanes) is 1. The van der Waals surface area contributed by atoms with Crippen LogP contribution in [0, 0.1) is 11.3 Å². The molecule has 7 rings (SSSR count). The van der Waals surface area contributed by atoms with Crippen LogP contribution in [0.5, 0.6) is 0 Å². The van der Waals surface area contributed by atoms with E-state index in [0.717, 1.165) is 35.1 Å². The molecule has 2 aromatic rings. The Labute approximate surface area is 251 Å². The molecule has 2 bridgehead atoms. The fourth-order valence-corrected chi connectivity index (χ4v) is 10.5. The van der Waals surface area contributed by atoms with E-state index < -0.39 is 0 Å². The van der Waals surface area contributed by atoms with Crippen molar-refractivity contribution >= 4 is 17.1 Å². The van der Waals surface area contributed by atoms with Gasteiger partial charge < -0.3 is 4.90 Å². The number of hydrogen-bond acceptors (Lipinski definition) is 1. The number of anilines is 1. The van der Waals surface area contributed by atoms with Crippen molar-refractivity contribution in [3.05, 3.63) is 65.2 Å². The third-order valence-corrected chi connectivity index (χ3v) is 13.1. The molecule has 2 nitrogen and oxygen atoms in total. The van der Waals surface area contributed by atoms with Crippen molar-refractivity contribution in [2.75, 3.05) is 19.0 Å². The first-order chi connectivity index (χ1) is 19.4. The van der Waals surface area contributed by atoms with E-state index in [1.165, 1.54) is 67.6 Å². The average molecular weight is 554 g/mol. The van der Waals surface area contributed by atoms with Crippen molar-refractivity contribution in [2.45, 2.75) is 135 Å². The Morgan fingerprint density at radius 2 is 1.71 bits per heavy atom. The van der Waals surface area contributed by atoms with E-state index in [-0.39, 0.29) is 22.4 Å². The van der Waals surface area contributed by atoms with E-state index >= 15 is 0 Å². The number of hydrogen-bond donors (Lipinski definition) is 0. The molecule has 7 unspecified atom stereocenters. The van der Waals surface area contributed by atoms with Crippen LogP contribution >= 0.6 is 0 Å². The highest BCUT2D eigenvalue weighted by Crippen LogP contribution is 2.67. The van der Waals surface area contributed by atoms with Crippen LogP contribution in [0.4, 0.5) is 17.1 Å². The Kier molecular flexibility index (Phi) is 6.89. The fourth-order valence-electron chi connectivity index (χ4n) is 10.5. The lowest BCUT2D eigenvalue weighted by Gasteiger charge is -2.59. The van der Waals surface area contributed by atoms with E-state index in [1.54, 1.807) is 16.7 Å². The maximum Gasteiger partial charge on any atom is 0.184 e. The van der Waals surface area contributed by atoms with Crippen molar-refractivity contribution in [3.8, 4) is 0 Å². The second kappa shape index (κ2) is 9.73. The molecule has 41 heavy (non-hydrogen) atoms. The Bertz CT molecular complexity index is 1350. The van der Waals surface area contributed by atoms with Crippen LogP contribution in [0.25, 0.3) is 0 Å². The second-order valence-electron chi connectivity index (χ2n) is 15.7. The van der Waals surface area contributed by atoms with Gasteiger partial charge in [-0.05, 0) is 96.9 Å². The standard InChI is InChI=1S/C39H57N2/c1-11-15-16-26-17-18-27-19-21-29(26)31-24-33-35(25-30(27)31)41(10)34-22-20-28(37(5,6)7)23-32(34)38(8,12-2)39(13-3,14-4)36(41)40(33)9/h13,20,22-27,29,36H,3,11-12,14-19,21H2,1-2,4-10H3/q+1. The molecule has 3 aliphatic carbocycles. The molecule has 0 radical (unpaired) electrons. The molecule has 0 aromatic heterocycles. The molecule has 7 atom stereocenters. The number of nitrogens with zero attached hydrogens (tertiary/aromatic N) is 2. The van der Waals surface area contributed by atoms with Gasteiger partial charge in [0.1, 0.15) is 11.4 Å². The summed E-state index contributed by atoms with van der Waals surface area (Å²) in [6, 6.07) is 13.0. The summed E-state index contributed by atoms with van der Waals surface area (Å²) in [6.45, 7) is 21.4. The number of rotatable bonds is 6. The molecule has 0 N–H and O–H groups in total. The first-order valence-corrected chi connectivity index (χ1v) is 17.0. The van der Waals surface area contributed by atoms with Crippen LogP contribution in [0.3, 0.4) is 0 Å². The van der Waals surface area contributed by atoms with E-state index in [1.807, 2.05) is 0 Å². The predicted octanol–water partition coefficient (Wildman–Crippen LogP) is 10.9. The quantitative estimate of drug-likeness (QED) is 0.254. The Morgan fingerprint density at radius 3 is 2.34 bits per heavy atom. The smallest absolute Gasteiger partial charge is 0.184 e. The highest BCUT2D eigenvalue weighted by atomic mass is 15.5. The SMILES string of the molecule is C=CC1(CC)C2N(C)c3cc4c(cc3[N+]2(C)c2ccc(C(C)(C)C)cc2C1(C)CC)C1CCC(CCCC)C4CC1. The first-order valence-electron chi connectivity index (χ1n) is 17.0. The second-order valence-corrected chi connectivity index (χ2v) is 15.7. The van der Waals surface area contributed by atoms with Gasteiger partial charge in [0.15, 0.2) is 11.9 Å². The molecule has 2 aliphatic heterocycles. The maximum atomic E-state index is 4.63. The van der Waals surface area contributed by atoms with E-state index in [9.17, 15) is 0 Å². The lowest BCUT2D eigenvalue weighted by molar-refractivity contribution is 0.0613. The third-order valence-electron chi connectivity index (χ3n) is 13.1. The summed E-state index contributed by atoms with van der Waals surface area (Å²) in [6.07, 6.45) is 14.5. The van der Waals surface area contributed by atoms with Crippen LogP contribution in [0.2, 0.25) is 0 Å². The van der Waals surface area contributed by atoms with E-state index in [0.29, 0.717) is 0 Å². The fraction of sp³-hybridized carbons (Fsp3) is 0.641. The molecule has 0 amide bonds. The van der Waals surface area contributed by atoms with Gasteiger partial charge in [-0.15, -0.1) is 6.58 Å². The van der Waals surface area contributed by atoms with Crippen molar-refractivity contribution in [3.63, 3.8) is 0 Å². The highest BCUT2D eigenvalue weighted by molar-refractivity contribution is 5.85. The van der Waals surface area contributed by atoms with Gasteiger partial charge in [0.05, 0.1) is 12.5 Å². The van der Waals surface area contributed by atoms with E-state index in [2.05, 4.69) is 110 Å². The molecular formula is C39H57N2+. The minimum absolute atomic E-state index is 0.000194. The lowest BCUT2D eigenvalue weighted by Crippen LogP contribution is -2.69. The molecular weight excluding hydrogens is 496 g/mol. The van der Waals surface area contributed by atoms with Crippen LogP contribution < -0.4 is 9.38 Å². The molecule has 222 valence electrons. The van der Waals surface area contributed by atoms with Crippen LogP contribution in [0.1, 0.15) is 140 Å².